The summed E-state index contributed by atoms with van der Waals surface area (Å²) < 4.78 is 1.29. The van der Waals surface area contributed by atoms with Gasteiger partial charge in [-0.2, -0.15) is 0 Å². The molecule has 0 aliphatic carbocycles. The summed E-state index contributed by atoms with van der Waals surface area (Å²) in [6.45, 7) is 0. The highest BCUT2D eigenvalue weighted by atomic mass is 35.5. The molecule has 11 heavy (non-hydrogen) atoms. The van der Waals surface area contributed by atoms with Crippen LogP contribution >= 0.6 is 11.6 Å². The Hall–Kier alpha value is -1.29. The third-order valence-electron chi connectivity index (χ3n) is 1.40. The van der Waals surface area contributed by atoms with E-state index in [0.29, 0.717) is 10.8 Å². The van der Waals surface area contributed by atoms with Crippen LogP contribution in [0.4, 0.5) is 0 Å². The van der Waals surface area contributed by atoms with Crippen LogP contribution in [0.15, 0.2) is 23.3 Å². The molecule has 5 heteroatoms. The predicted octanol–water partition coefficient (Wildman–Crippen LogP) is 0.676. The minimum Gasteiger partial charge on any atom is -0.298 e. The van der Waals surface area contributed by atoms with Crippen LogP contribution in [0.3, 0.4) is 0 Å². The van der Waals surface area contributed by atoms with E-state index in [9.17, 15) is 4.79 Å². The highest BCUT2D eigenvalue weighted by molar-refractivity contribution is 6.29. The number of H-pyrrole nitrogens is 1. The zero-order valence-corrected chi connectivity index (χ0v) is 6.17. The Balaban J connectivity index is 3.08. The molecule has 1 N–H and O–H groups in total. The molecule has 0 unspecified atom stereocenters. The minimum absolute atomic E-state index is 0.273. The number of nitrogens with zero attached hydrogens (tertiary/aromatic N) is 2. The number of rotatable bonds is 0. The number of aromatic nitrogens is 3. The van der Waals surface area contributed by atoms with Crippen LogP contribution in [0.5, 0.6) is 0 Å². The molecule has 0 radical (unpaired) electrons. The van der Waals surface area contributed by atoms with Gasteiger partial charge in [0.05, 0.1) is 6.33 Å². The minimum atomic E-state index is -0.273. The van der Waals surface area contributed by atoms with Gasteiger partial charge in [0.15, 0.2) is 0 Å². The van der Waals surface area contributed by atoms with E-state index in [1.165, 1.54) is 10.7 Å². The fourth-order valence-corrected chi connectivity index (χ4v) is 1.15. The summed E-state index contributed by atoms with van der Waals surface area (Å²) in [5.74, 6) is 0. The van der Waals surface area contributed by atoms with E-state index in [1.807, 2.05) is 0 Å². The molecule has 56 valence electrons. The van der Waals surface area contributed by atoms with Crippen LogP contribution in [0, 0.1) is 0 Å². The molecule has 2 aromatic heterocycles. The van der Waals surface area contributed by atoms with Crippen molar-refractivity contribution in [2.45, 2.75) is 0 Å². The van der Waals surface area contributed by atoms with Crippen molar-refractivity contribution in [3.63, 3.8) is 0 Å². The van der Waals surface area contributed by atoms with Crippen molar-refractivity contribution < 1.29 is 0 Å². The van der Waals surface area contributed by atoms with Crippen molar-refractivity contribution >= 4 is 17.2 Å². The first-order chi connectivity index (χ1) is 5.29. The molecule has 0 amide bonds. The van der Waals surface area contributed by atoms with Gasteiger partial charge in [0.2, 0.25) is 0 Å². The fraction of sp³-hybridized carbons (Fsp3) is 0. The highest BCUT2D eigenvalue weighted by Crippen LogP contribution is 2.08. The maximum Gasteiger partial charge on any atom is 0.333 e. The predicted molar refractivity (Wildman–Crippen MR) is 40.8 cm³/mol. The van der Waals surface area contributed by atoms with Gasteiger partial charge in [-0.05, 0) is 12.1 Å². The maximum absolute atomic E-state index is 11.0. The zero-order chi connectivity index (χ0) is 7.84. The standard InChI is InChI=1S/C6H4ClN3O/c7-4-1-2-5-8-3-9-6(11)10(4)5/h1-3H,(H,8,9,11). The van der Waals surface area contributed by atoms with Crippen molar-refractivity contribution in [2.24, 2.45) is 0 Å². The van der Waals surface area contributed by atoms with Crippen LogP contribution in [0.2, 0.25) is 5.15 Å². The maximum atomic E-state index is 11.0. The molecule has 0 atom stereocenters. The largest absolute Gasteiger partial charge is 0.333 e. The van der Waals surface area contributed by atoms with Crippen molar-refractivity contribution in [1.82, 2.24) is 14.4 Å². The summed E-state index contributed by atoms with van der Waals surface area (Å²) in [5, 5.41) is 0.370. The molecule has 0 spiro atoms. The first-order valence-corrected chi connectivity index (χ1v) is 3.37. The number of aromatic amines is 1. The van der Waals surface area contributed by atoms with E-state index >= 15 is 0 Å². The first-order valence-electron chi connectivity index (χ1n) is 3.00. The Morgan fingerprint density at radius 3 is 3.09 bits per heavy atom. The Bertz CT molecular complexity index is 444. The summed E-state index contributed by atoms with van der Waals surface area (Å²) in [6, 6.07) is 3.30. The molecule has 0 saturated carbocycles. The number of nitrogens with one attached hydrogen (secondary N) is 1. The third kappa shape index (κ3) is 0.832. The van der Waals surface area contributed by atoms with Gasteiger partial charge in [-0.25, -0.2) is 14.2 Å². The molecule has 4 nitrogen and oxygen atoms in total. The van der Waals surface area contributed by atoms with Crippen LogP contribution < -0.4 is 5.69 Å². The average Bonchev–Trinajstić information content (AvgIpc) is 2.34. The van der Waals surface area contributed by atoms with Crippen molar-refractivity contribution in [2.75, 3.05) is 0 Å². The van der Waals surface area contributed by atoms with Crippen LogP contribution in [-0.4, -0.2) is 14.4 Å². The lowest BCUT2D eigenvalue weighted by Crippen LogP contribution is -2.15. The molecular formula is C6H4ClN3O. The summed E-state index contributed by atoms with van der Waals surface area (Å²) in [7, 11) is 0. The van der Waals surface area contributed by atoms with Crippen molar-refractivity contribution in [3.8, 4) is 0 Å². The molecule has 0 aliphatic rings. The number of fused-ring (bicyclic) bond motifs is 1. The zero-order valence-electron chi connectivity index (χ0n) is 5.41. The van der Waals surface area contributed by atoms with Gasteiger partial charge in [0.25, 0.3) is 0 Å². The van der Waals surface area contributed by atoms with E-state index in [-0.39, 0.29) is 5.69 Å². The monoisotopic (exact) mass is 169 g/mol. The second-order valence-electron chi connectivity index (χ2n) is 2.06. The lowest BCUT2D eigenvalue weighted by atomic mass is 10.6. The van der Waals surface area contributed by atoms with Gasteiger partial charge in [-0.3, -0.25) is 4.98 Å². The number of hydrogen-bond donors (Lipinski definition) is 1. The molecule has 0 aliphatic heterocycles. The van der Waals surface area contributed by atoms with Gasteiger partial charge in [0.1, 0.15) is 10.8 Å². The Morgan fingerprint density at radius 2 is 2.36 bits per heavy atom. The number of halogens is 1. The van der Waals surface area contributed by atoms with E-state index < -0.39 is 0 Å². The molecule has 0 bridgehead atoms. The van der Waals surface area contributed by atoms with Gasteiger partial charge in [0, 0.05) is 0 Å². The molecule has 2 rings (SSSR count). The third-order valence-corrected chi connectivity index (χ3v) is 1.70. The van der Waals surface area contributed by atoms with Crippen LogP contribution in [0.1, 0.15) is 0 Å². The molecule has 0 saturated heterocycles. The SMILES string of the molecule is O=c1[nH]cnc2ccc(Cl)n12. The average molecular weight is 170 g/mol. The lowest BCUT2D eigenvalue weighted by Gasteiger charge is -1.90. The van der Waals surface area contributed by atoms with E-state index in [1.54, 1.807) is 12.1 Å². The van der Waals surface area contributed by atoms with Crippen LogP contribution in [-0.2, 0) is 0 Å². The summed E-state index contributed by atoms with van der Waals surface area (Å²) >= 11 is 5.68. The van der Waals surface area contributed by atoms with E-state index in [4.69, 9.17) is 11.6 Å². The van der Waals surface area contributed by atoms with Gasteiger partial charge >= 0.3 is 5.69 Å². The quantitative estimate of drug-likeness (QED) is 0.631. The summed E-state index contributed by atoms with van der Waals surface area (Å²) in [4.78, 5) is 17.3. The lowest BCUT2D eigenvalue weighted by molar-refractivity contribution is 0.957. The molecule has 0 fully saturated rings. The summed E-state index contributed by atoms with van der Waals surface area (Å²) in [6.07, 6.45) is 1.34. The smallest absolute Gasteiger partial charge is 0.298 e. The van der Waals surface area contributed by atoms with Crippen molar-refractivity contribution in [1.29, 1.82) is 0 Å². The Morgan fingerprint density at radius 1 is 1.55 bits per heavy atom. The van der Waals surface area contributed by atoms with Gasteiger partial charge < -0.3 is 0 Å². The molecule has 0 aromatic carbocycles. The second kappa shape index (κ2) is 2.10. The van der Waals surface area contributed by atoms with E-state index in [0.717, 1.165) is 0 Å². The fourth-order valence-electron chi connectivity index (χ4n) is 0.922. The molecule has 2 heterocycles. The van der Waals surface area contributed by atoms with E-state index in [2.05, 4.69) is 9.97 Å². The Kier molecular flexibility index (Phi) is 1.22. The van der Waals surface area contributed by atoms with Gasteiger partial charge in [-0.1, -0.05) is 11.6 Å². The summed E-state index contributed by atoms with van der Waals surface area (Å²) in [5.41, 5.74) is 0.281. The molecule has 2 aromatic rings. The van der Waals surface area contributed by atoms with Gasteiger partial charge in [-0.15, -0.1) is 0 Å². The van der Waals surface area contributed by atoms with Crippen molar-refractivity contribution in [3.05, 3.63) is 34.1 Å². The van der Waals surface area contributed by atoms with Crippen LogP contribution in [0.25, 0.3) is 5.65 Å². The second-order valence-corrected chi connectivity index (χ2v) is 2.44. The molecular weight excluding hydrogens is 166 g/mol. The Labute approximate surface area is 66.5 Å². The topological polar surface area (TPSA) is 50.2 Å². The number of hydrogen-bond acceptors (Lipinski definition) is 2. The normalized spacial score (nSPS) is 10.6. The first kappa shape index (κ1) is 6.42. The highest BCUT2D eigenvalue weighted by Gasteiger charge is 2.00.